The molecule has 2 heterocycles. The Morgan fingerprint density at radius 1 is 1.48 bits per heavy atom. The van der Waals surface area contributed by atoms with E-state index in [-0.39, 0.29) is 18.2 Å². The Balaban J connectivity index is 1.81. The molecule has 8 heteroatoms. The van der Waals surface area contributed by atoms with Crippen molar-refractivity contribution in [3.63, 3.8) is 0 Å². The quantitative estimate of drug-likeness (QED) is 0.890. The predicted octanol–water partition coefficient (Wildman–Crippen LogP) is 2.50. The third kappa shape index (κ3) is 5.15. The van der Waals surface area contributed by atoms with Crippen LogP contribution < -0.4 is 10.6 Å². The average Bonchev–Trinajstić information content (AvgIpc) is 3.03. The second-order valence-electron chi connectivity index (χ2n) is 6.63. The highest BCUT2D eigenvalue weighted by Crippen LogP contribution is 2.20. The minimum absolute atomic E-state index is 0.0605. The van der Waals surface area contributed by atoms with Crippen molar-refractivity contribution in [3.8, 4) is 0 Å². The third-order valence-electron chi connectivity index (χ3n) is 3.37. The van der Waals surface area contributed by atoms with Crippen LogP contribution in [0.5, 0.6) is 0 Å². The molecule has 1 atom stereocenters. The topological polar surface area (TPSA) is 96.7 Å². The lowest BCUT2D eigenvalue weighted by Crippen LogP contribution is -2.45. The van der Waals surface area contributed by atoms with Crippen molar-refractivity contribution < 1.29 is 18.8 Å². The SMILES string of the molecule is Cc1cc(NC(=O)NC[C@H]2CCCN2C(=O)OC(C)(C)C)no1. The summed E-state index contributed by atoms with van der Waals surface area (Å²) in [6.45, 7) is 8.26. The normalized spacial score (nSPS) is 17.9. The number of hydrogen-bond acceptors (Lipinski definition) is 5. The number of anilines is 1. The van der Waals surface area contributed by atoms with Crippen LogP contribution in [0.4, 0.5) is 15.4 Å². The lowest BCUT2D eigenvalue weighted by Gasteiger charge is -2.28. The number of rotatable bonds is 3. The van der Waals surface area contributed by atoms with Gasteiger partial charge in [0.15, 0.2) is 5.82 Å². The monoisotopic (exact) mass is 324 g/mol. The molecule has 1 saturated heterocycles. The number of nitrogens with one attached hydrogen (secondary N) is 2. The number of aryl methyl sites for hydroxylation is 1. The molecule has 2 N–H and O–H groups in total. The molecule has 23 heavy (non-hydrogen) atoms. The van der Waals surface area contributed by atoms with Crippen LogP contribution >= 0.6 is 0 Å². The third-order valence-corrected chi connectivity index (χ3v) is 3.37. The van der Waals surface area contributed by atoms with Crippen LogP contribution in [-0.2, 0) is 4.74 Å². The number of ether oxygens (including phenoxy) is 1. The first-order valence-electron chi connectivity index (χ1n) is 7.72. The van der Waals surface area contributed by atoms with Gasteiger partial charge in [0.25, 0.3) is 0 Å². The molecule has 1 aliphatic heterocycles. The zero-order chi connectivity index (χ0) is 17.0. The summed E-state index contributed by atoms with van der Waals surface area (Å²) in [5.41, 5.74) is -0.528. The van der Waals surface area contributed by atoms with E-state index in [1.54, 1.807) is 17.9 Å². The molecule has 0 spiro atoms. The van der Waals surface area contributed by atoms with Gasteiger partial charge < -0.3 is 19.5 Å². The fourth-order valence-electron chi connectivity index (χ4n) is 2.41. The van der Waals surface area contributed by atoms with Crippen LogP contribution in [0, 0.1) is 6.92 Å². The number of urea groups is 1. The van der Waals surface area contributed by atoms with E-state index in [1.807, 2.05) is 20.8 Å². The highest BCUT2D eigenvalue weighted by molar-refractivity contribution is 5.88. The first-order chi connectivity index (χ1) is 10.7. The van der Waals surface area contributed by atoms with Crippen LogP contribution in [0.3, 0.4) is 0 Å². The molecule has 0 unspecified atom stereocenters. The van der Waals surface area contributed by atoms with Gasteiger partial charge in [-0.15, -0.1) is 0 Å². The fraction of sp³-hybridized carbons (Fsp3) is 0.667. The van der Waals surface area contributed by atoms with Gasteiger partial charge in [-0.3, -0.25) is 5.32 Å². The molecule has 128 valence electrons. The highest BCUT2D eigenvalue weighted by atomic mass is 16.6. The summed E-state index contributed by atoms with van der Waals surface area (Å²) in [7, 11) is 0. The number of amides is 3. The van der Waals surface area contributed by atoms with E-state index in [2.05, 4.69) is 15.8 Å². The summed E-state index contributed by atoms with van der Waals surface area (Å²) in [5, 5.41) is 9.02. The van der Waals surface area contributed by atoms with E-state index in [0.717, 1.165) is 12.8 Å². The first-order valence-corrected chi connectivity index (χ1v) is 7.72. The van der Waals surface area contributed by atoms with E-state index in [9.17, 15) is 9.59 Å². The van der Waals surface area contributed by atoms with Crippen molar-refractivity contribution in [1.82, 2.24) is 15.4 Å². The van der Waals surface area contributed by atoms with Crippen LogP contribution in [-0.4, -0.2) is 46.9 Å². The van der Waals surface area contributed by atoms with E-state index >= 15 is 0 Å². The van der Waals surface area contributed by atoms with Gasteiger partial charge in [-0.1, -0.05) is 5.16 Å². The van der Waals surface area contributed by atoms with Crippen LogP contribution in [0.25, 0.3) is 0 Å². The second kappa shape index (κ2) is 6.89. The number of hydrogen-bond donors (Lipinski definition) is 2. The molecular formula is C15H24N4O4. The molecule has 1 fully saturated rings. The molecule has 2 rings (SSSR count). The molecule has 1 aromatic heterocycles. The number of carbonyl (C=O) groups excluding carboxylic acids is 2. The summed E-state index contributed by atoms with van der Waals surface area (Å²) in [5.74, 6) is 0.975. The maximum Gasteiger partial charge on any atom is 0.410 e. The molecule has 1 aliphatic rings. The largest absolute Gasteiger partial charge is 0.444 e. The molecule has 0 aliphatic carbocycles. The molecular weight excluding hydrogens is 300 g/mol. The Labute approximate surface area is 135 Å². The van der Waals surface area contributed by atoms with Crippen molar-refractivity contribution in [2.45, 2.75) is 52.2 Å². The Morgan fingerprint density at radius 3 is 2.83 bits per heavy atom. The Kier molecular flexibility index (Phi) is 5.12. The molecule has 0 aromatic carbocycles. The van der Waals surface area contributed by atoms with E-state index in [0.29, 0.717) is 24.7 Å². The minimum atomic E-state index is -0.528. The summed E-state index contributed by atoms with van der Waals surface area (Å²) < 4.78 is 10.3. The fourth-order valence-corrected chi connectivity index (χ4v) is 2.41. The van der Waals surface area contributed by atoms with E-state index in [4.69, 9.17) is 9.26 Å². The maximum atomic E-state index is 12.2. The van der Waals surface area contributed by atoms with Crippen molar-refractivity contribution in [3.05, 3.63) is 11.8 Å². The second-order valence-corrected chi connectivity index (χ2v) is 6.63. The minimum Gasteiger partial charge on any atom is -0.444 e. The standard InChI is InChI=1S/C15H24N4O4/c1-10-8-12(18-23-10)17-13(20)16-9-11-6-5-7-19(11)14(21)22-15(2,3)4/h8,11H,5-7,9H2,1-4H3,(H2,16,17,18,20)/t11-/m1/s1. The van der Waals surface area contributed by atoms with Crippen molar-refractivity contribution in [2.24, 2.45) is 0 Å². The zero-order valence-electron chi connectivity index (χ0n) is 14.0. The number of carbonyl (C=O) groups is 2. The molecule has 0 saturated carbocycles. The van der Waals surface area contributed by atoms with Crippen molar-refractivity contribution >= 4 is 17.9 Å². The van der Waals surface area contributed by atoms with Gasteiger partial charge in [0.2, 0.25) is 0 Å². The first kappa shape index (κ1) is 17.1. The molecule has 1 aromatic rings. The lowest BCUT2D eigenvalue weighted by molar-refractivity contribution is 0.0228. The number of aromatic nitrogens is 1. The summed E-state index contributed by atoms with van der Waals surface area (Å²) >= 11 is 0. The van der Waals surface area contributed by atoms with Gasteiger partial charge in [-0.2, -0.15) is 0 Å². The van der Waals surface area contributed by atoms with Crippen LogP contribution in [0.2, 0.25) is 0 Å². The maximum absolute atomic E-state index is 12.2. The van der Waals surface area contributed by atoms with Crippen LogP contribution in [0.15, 0.2) is 10.6 Å². The Hall–Kier alpha value is -2.25. The van der Waals surface area contributed by atoms with E-state index in [1.165, 1.54) is 0 Å². The number of nitrogens with zero attached hydrogens (tertiary/aromatic N) is 2. The van der Waals surface area contributed by atoms with Gasteiger partial charge in [0.05, 0.1) is 6.04 Å². The summed E-state index contributed by atoms with van der Waals surface area (Å²) in [6.07, 6.45) is 1.40. The molecule has 0 radical (unpaired) electrons. The summed E-state index contributed by atoms with van der Waals surface area (Å²) in [6, 6.07) is 1.19. The highest BCUT2D eigenvalue weighted by Gasteiger charge is 2.32. The zero-order valence-corrected chi connectivity index (χ0v) is 14.0. The Morgan fingerprint density at radius 2 is 2.22 bits per heavy atom. The number of likely N-dealkylation sites (tertiary alicyclic amines) is 1. The summed E-state index contributed by atoms with van der Waals surface area (Å²) in [4.78, 5) is 25.7. The predicted molar refractivity (Wildman–Crippen MR) is 84.2 cm³/mol. The Bertz CT molecular complexity index is 564. The molecule has 3 amide bonds. The van der Waals surface area contributed by atoms with Crippen molar-refractivity contribution in [2.75, 3.05) is 18.4 Å². The van der Waals surface area contributed by atoms with Gasteiger partial charge in [0.1, 0.15) is 11.4 Å². The smallest absolute Gasteiger partial charge is 0.410 e. The van der Waals surface area contributed by atoms with Crippen LogP contribution in [0.1, 0.15) is 39.4 Å². The molecule has 0 bridgehead atoms. The molecule has 8 nitrogen and oxygen atoms in total. The van der Waals surface area contributed by atoms with E-state index < -0.39 is 5.60 Å². The average molecular weight is 324 g/mol. The van der Waals surface area contributed by atoms with Crippen molar-refractivity contribution in [1.29, 1.82) is 0 Å². The van der Waals surface area contributed by atoms with Gasteiger partial charge in [-0.05, 0) is 40.5 Å². The van der Waals surface area contributed by atoms with Gasteiger partial charge in [0, 0.05) is 19.2 Å². The van der Waals surface area contributed by atoms with Gasteiger partial charge in [-0.25, -0.2) is 9.59 Å². The lowest BCUT2D eigenvalue weighted by atomic mass is 10.2. The van der Waals surface area contributed by atoms with Gasteiger partial charge >= 0.3 is 12.1 Å².